The van der Waals surface area contributed by atoms with Gasteiger partial charge in [0.05, 0.1) is 6.17 Å². The van der Waals surface area contributed by atoms with Gasteiger partial charge in [0.1, 0.15) is 0 Å². The molecule has 1 atom stereocenters. The Morgan fingerprint density at radius 2 is 1.79 bits per heavy atom. The molecule has 1 aliphatic heterocycles. The summed E-state index contributed by atoms with van der Waals surface area (Å²) in [6, 6.07) is 11.0. The van der Waals surface area contributed by atoms with Crippen molar-refractivity contribution in [2.24, 2.45) is 5.73 Å². The summed E-state index contributed by atoms with van der Waals surface area (Å²) in [5.41, 5.74) is 7.38. The molecule has 1 radical (unpaired) electrons. The average Bonchev–Trinajstić information content (AvgIpc) is 2.30. The summed E-state index contributed by atoms with van der Waals surface area (Å²) in [6.07, 6.45) is 4.00. The molecule has 0 aliphatic carbocycles. The first-order valence-electron chi connectivity index (χ1n) is 5.33. The molecular weight excluding hydrogens is 172 g/mol. The number of likely N-dealkylation sites (tertiary alicyclic amines) is 1. The van der Waals surface area contributed by atoms with Crippen LogP contribution in [-0.2, 0) is 0 Å². The minimum atomic E-state index is 0.0740. The van der Waals surface area contributed by atoms with E-state index in [1.54, 1.807) is 0 Å². The minimum Gasteiger partial charge on any atom is -0.312 e. The van der Waals surface area contributed by atoms with Crippen molar-refractivity contribution < 1.29 is 0 Å². The molecule has 1 aromatic rings. The van der Waals surface area contributed by atoms with E-state index in [9.17, 15) is 0 Å². The third-order valence-electron chi connectivity index (χ3n) is 2.87. The van der Waals surface area contributed by atoms with Crippen LogP contribution >= 0.6 is 0 Å². The van der Waals surface area contributed by atoms with E-state index in [2.05, 4.69) is 23.1 Å². The molecule has 1 unspecified atom stereocenters. The predicted molar refractivity (Wildman–Crippen MR) is 57.6 cm³/mol. The number of hydrogen-bond acceptors (Lipinski definition) is 2. The number of piperidine rings is 1. The highest BCUT2D eigenvalue weighted by atomic mass is 15.2. The lowest BCUT2D eigenvalue weighted by molar-refractivity contribution is 0.167. The van der Waals surface area contributed by atoms with E-state index in [1.165, 1.54) is 24.8 Å². The Labute approximate surface area is 85.7 Å². The molecule has 1 aliphatic rings. The molecule has 2 heteroatoms. The van der Waals surface area contributed by atoms with Gasteiger partial charge >= 0.3 is 0 Å². The second kappa shape index (κ2) is 4.58. The first-order chi connectivity index (χ1) is 6.88. The molecule has 0 saturated carbocycles. The molecular formula is C12H17N2. The third-order valence-corrected chi connectivity index (χ3v) is 2.87. The summed E-state index contributed by atoms with van der Waals surface area (Å²) < 4.78 is 0. The van der Waals surface area contributed by atoms with Crippen LogP contribution in [0, 0.1) is 6.07 Å². The predicted octanol–water partition coefficient (Wildman–Crippen LogP) is 1.93. The molecule has 1 fully saturated rings. The van der Waals surface area contributed by atoms with Gasteiger partial charge in [0.15, 0.2) is 0 Å². The van der Waals surface area contributed by atoms with Crippen molar-refractivity contribution in [1.82, 2.24) is 4.90 Å². The maximum atomic E-state index is 6.18. The largest absolute Gasteiger partial charge is 0.312 e. The van der Waals surface area contributed by atoms with Crippen LogP contribution in [0.2, 0.25) is 0 Å². The zero-order valence-corrected chi connectivity index (χ0v) is 8.45. The molecule has 1 saturated heterocycles. The smallest absolute Gasteiger partial charge is 0.0835 e. The van der Waals surface area contributed by atoms with Gasteiger partial charge in [-0.05, 0) is 37.6 Å². The maximum Gasteiger partial charge on any atom is 0.0835 e. The molecule has 14 heavy (non-hydrogen) atoms. The van der Waals surface area contributed by atoms with E-state index in [4.69, 9.17) is 5.73 Å². The second-order valence-corrected chi connectivity index (χ2v) is 3.87. The van der Waals surface area contributed by atoms with E-state index in [-0.39, 0.29) is 6.17 Å². The highest BCUT2D eigenvalue weighted by Gasteiger charge is 2.17. The van der Waals surface area contributed by atoms with Crippen molar-refractivity contribution in [3.05, 3.63) is 35.9 Å². The van der Waals surface area contributed by atoms with Gasteiger partial charge in [-0.3, -0.25) is 4.90 Å². The summed E-state index contributed by atoms with van der Waals surface area (Å²) >= 11 is 0. The van der Waals surface area contributed by atoms with Gasteiger partial charge in [-0.2, -0.15) is 0 Å². The van der Waals surface area contributed by atoms with Crippen LogP contribution in [-0.4, -0.2) is 18.0 Å². The third kappa shape index (κ3) is 2.14. The van der Waals surface area contributed by atoms with Crippen molar-refractivity contribution in [2.45, 2.75) is 25.4 Å². The second-order valence-electron chi connectivity index (χ2n) is 3.87. The van der Waals surface area contributed by atoms with Crippen LogP contribution in [0.4, 0.5) is 0 Å². The lowest BCUT2D eigenvalue weighted by atomic mass is 10.1. The van der Waals surface area contributed by atoms with Gasteiger partial charge in [0, 0.05) is 0 Å². The summed E-state index contributed by atoms with van der Waals surface area (Å²) in [4.78, 5) is 2.36. The number of nitrogens with two attached hydrogens (primary N) is 1. The van der Waals surface area contributed by atoms with Gasteiger partial charge in [0.25, 0.3) is 0 Å². The molecule has 0 aromatic heterocycles. The van der Waals surface area contributed by atoms with Gasteiger partial charge in [0.2, 0.25) is 0 Å². The molecule has 1 heterocycles. The summed E-state index contributed by atoms with van der Waals surface area (Å²) in [5, 5.41) is 0. The zero-order chi connectivity index (χ0) is 9.80. The van der Waals surface area contributed by atoms with Gasteiger partial charge in [-0.15, -0.1) is 0 Å². The Bertz CT molecular complexity index is 265. The number of hydrogen-bond donors (Lipinski definition) is 1. The Morgan fingerprint density at radius 3 is 2.43 bits per heavy atom. The van der Waals surface area contributed by atoms with Gasteiger partial charge in [-0.1, -0.05) is 30.7 Å². The normalized spacial score (nSPS) is 20.6. The number of benzene rings is 1. The number of nitrogens with zero attached hydrogens (tertiary/aromatic N) is 1. The Hall–Kier alpha value is -0.860. The summed E-state index contributed by atoms with van der Waals surface area (Å²) in [7, 11) is 0. The van der Waals surface area contributed by atoms with E-state index in [0.29, 0.717) is 0 Å². The molecule has 2 rings (SSSR count). The maximum absolute atomic E-state index is 6.18. The Balaban J connectivity index is 2.03. The Kier molecular flexibility index (Phi) is 3.17. The molecule has 1 aromatic carbocycles. The van der Waals surface area contributed by atoms with Crippen LogP contribution in [0.15, 0.2) is 24.3 Å². The lowest BCUT2D eigenvalue weighted by Crippen LogP contribution is -2.38. The van der Waals surface area contributed by atoms with Crippen LogP contribution in [0.3, 0.4) is 0 Å². The van der Waals surface area contributed by atoms with E-state index in [0.717, 1.165) is 13.1 Å². The molecule has 75 valence electrons. The molecule has 2 N–H and O–H groups in total. The highest BCUT2D eigenvalue weighted by molar-refractivity contribution is 5.17. The van der Waals surface area contributed by atoms with Gasteiger partial charge in [-0.25, -0.2) is 0 Å². The van der Waals surface area contributed by atoms with Crippen molar-refractivity contribution in [3.8, 4) is 0 Å². The fraction of sp³-hybridized carbons (Fsp3) is 0.500. The molecule has 0 amide bonds. The first kappa shape index (κ1) is 9.69. The summed E-state index contributed by atoms with van der Waals surface area (Å²) in [6.45, 7) is 2.28. The monoisotopic (exact) mass is 189 g/mol. The van der Waals surface area contributed by atoms with Crippen molar-refractivity contribution in [1.29, 1.82) is 0 Å². The lowest BCUT2D eigenvalue weighted by Gasteiger charge is -2.32. The topological polar surface area (TPSA) is 29.3 Å². The van der Waals surface area contributed by atoms with E-state index in [1.807, 2.05) is 12.1 Å². The first-order valence-corrected chi connectivity index (χ1v) is 5.33. The fourth-order valence-corrected chi connectivity index (χ4v) is 2.00. The van der Waals surface area contributed by atoms with Crippen LogP contribution in [0.5, 0.6) is 0 Å². The van der Waals surface area contributed by atoms with Crippen LogP contribution < -0.4 is 5.73 Å². The molecule has 0 spiro atoms. The van der Waals surface area contributed by atoms with Gasteiger partial charge < -0.3 is 5.73 Å². The quantitative estimate of drug-likeness (QED) is 0.770. The Morgan fingerprint density at radius 1 is 1.14 bits per heavy atom. The zero-order valence-electron chi connectivity index (χ0n) is 8.45. The fourth-order valence-electron chi connectivity index (χ4n) is 2.00. The summed E-state index contributed by atoms with van der Waals surface area (Å²) in [5.74, 6) is 0. The van der Waals surface area contributed by atoms with Crippen LogP contribution in [0.1, 0.15) is 31.0 Å². The average molecular weight is 189 g/mol. The van der Waals surface area contributed by atoms with Crippen molar-refractivity contribution >= 4 is 0 Å². The van der Waals surface area contributed by atoms with Crippen molar-refractivity contribution in [3.63, 3.8) is 0 Å². The molecule has 0 bridgehead atoms. The minimum absolute atomic E-state index is 0.0740. The highest BCUT2D eigenvalue weighted by Crippen LogP contribution is 2.19. The van der Waals surface area contributed by atoms with E-state index >= 15 is 0 Å². The number of rotatable bonds is 2. The SMILES string of the molecule is NC(c1cc[c]cc1)N1CCCCC1. The van der Waals surface area contributed by atoms with Crippen LogP contribution in [0.25, 0.3) is 0 Å². The molecule has 2 nitrogen and oxygen atoms in total. The van der Waals surface area contributed by atoms with E-state index < -0.39 is 0 Å². The van der Waals surface area contributed by atoms with Crippen molar-refractivity contribution in [2.75, 3.05) is 13.1 Å². The standard InChI is InChI=1S/C12H17N2/c13-12(11-7-3-1-4-8-11)14-9-5-2-6-10-14/h3-4,7-8,12H,2,5-6,9-10,13H2.